The summed E-state index contributed by atoms with van der Waals surface area (Å²) in [5.74, 6) is -0.902. The summed E-state index contributed by atoms with van der Waals surface area (Å²) in [6.07, 6.45) is 4.64. The topological polar surface area (TPSA) is 106 Å². The van der Waals surface area contributed by atoms with Gasteiger partial charge in [0.05, 0.1) is 31.5 Å². The lowest BCUT2D eigenvalue weighted by Crippen LogP contribution is -2.30. The van der Waals surface area contributed by atoms with Crippen molar-refractivity contribution in [2.75, 3.05) is 7.11 Å². The average molecular weight is 430 g/mol. The van der Waals surface area contributed by atoms with Gasteiger partial charge >= 0.3 is 0 Å². The summed E-state index contributed by atoms with van der Waals surface area (Å²) in [6.45, 7) is 0.0696. The Balaban J connectivity index is 1.60. The number of methoxy groups -OCH3 is 1. The number of ketones is 1. The van der Waals surface area contributed by atoms with Crippen LogP contribution in [0.2, 0.25) is 0 Å². The third-order valence-corrected chi connectivity index (χ3v) is 5.41. The number of para-hydroxylation sites is 1. The summed E-state index contributed by atoms with van der Waals surface area (Å²) >= 11 is 0. The van der Waals surface area contributed by atoms with Gasteiger partial charge in [0.25, 0.3) is 5.91 Å². The molecule has 1 aromatic carbocycles. The number of aliphatic hydroxyl groups excluding tert-OH is 1. The fraction of sp³-hybridized carbons (Fsp3) is 0.125. The van der Waals surface area contributed by atoms with Crippen LogP contribution in [0.1, 0.15) is 27.9 Å². The average Bonchev–Trinajstić information content (AvgIpc) is 3.54. The highest BCUT2D eigenvalue weighted by molar-refractivity contribution is 6.16. The molecule has 160 valence electrons. The molecule has 8 heteroatoms. The molecule has 32 heavy (non-hydrogen) atoms. The molecule has 1 aliphatic heterocycles. The van der Waals surface area contributed by atoms with E-state index < -0.39 is 23.5 Å². The molecule has 0 saturated carbocycles. The smallest absolute Gasteiger partial charge is 0.290 e. The fourth-order valence-electron chi connectivity index (χ4n) is 3.95. The van der Waals surface area contributed by atoms with E-state index in [-0.39, 0.29) is 17.9 Å². The Bertz CT molecular complexity index is 1340. The van der Waals surface area contributed by atoms with Gasteiger partial charge in [0.1, 0.15) is 5.76 Å². The number of furan rings is 2. The van der Waals surface area contributed by atoms with E-state index in [0.29, 0.717) is 28.0 Å². The summed E-state index contributed by atoms with van der Waals surface area (Å²) in [5.41, 5.74) is 0.911. The minimum absolute atomic E-state index is 0.00686. The van der Waals surface area contributed by atoms with Crippen molar-refractivity contribution in [2.45, 2.75) is 12.6 Å². The Morgan fingerprint density at radius 1 is 1.22 bits per heavy atom. The number of hydrogen-bond acceptors (Lipinski definition) is 7. The molecule has 0 aliphatic carbocycles. The van der Waals surface area contributed by atoms with E-state index in [2.05, 4.69) is 4.98 Å². The molecule has 0 bridgehead atoms. The van der Waals surface area contributed by atoms with Crippen LogP contribution in [0.3, 0.4) is 0 Å². The number of amides is 1. The summed E-state index contributed by atoms with van der Waals surface area (Å²) < 4.78 is 16.5. The second kappa shape index (κ2) is 7.73. The Hall–Kier alpha value is -4.33. The number of fused-ring (bicyclic) bond motifs is 1. The van der Waals surface area contributed by atoms with Crippen molar-refractivity contribution in [3.05, 3.63) is 95.6 Å². The van der Waals surface area contributed by atoms with E-state index in [4.69, 9.17) is 13.6 Å². The molecular formula is C24H18N2O6. The second-order valence-electron chi connectivity index (χ2n) is 7.28. The number of Topliss-reactive ketones (excluding diaryl/α,β-unsaturated/α-hetero) is 1. The molecule has 0 unspecified atom stereocenters. The first-order chi connectivity index (χ1) is 15.6. The molecule has 0 radical (unpaired) electrons. The van der Waals surface area contributed by atoms with Gasteiger partial charge in [-0.2, -0.15) is 0 Å². The van der Waals surface area contributed by atoms with Gasteiger partial charge in [-0.25, -0.2) is 0 Å². The SMILES string of the molecule is COc1cccc2cc(C(=O)C3=C(O)C(=O)N(Cc4ccco4)[C@@H]3c3cccnc3)oc12. The van der Waals surface area contributed by atoms with E-state index in [1.54, 1.807) is 60.9 Å². The Kier molecular flexibility index (Phi) is 4.74. The first-order valence-corrected chi connectivity index (χ1v) is 9.86. The van der Waals surface area contributed by atoms with Crippen molar-refractivity contribution in [1.82, 2.24) is 9.88 Å². The lowest BCUT2D eigenvalue weighted by molar-refractivity contribution is -0.130. The second-order valence-corrected chi connectivity index (χ2v) is 7.28. The summed E-state index contributed by atoms with van der Waals surface area (Å²) in [5, 5.41) is 11.4. The molecule has 8 nitrogen and oxygen atoms in total. The minimum Gasteiger partial charge on any atom is -0.503 e. The number of pyridine rings is 1. The largest absolute Gasteiger partial charge is 0.503 e. The molecule has 0 spiro atoms. The number of benzene rings is 1. The van der Waals surface area contributed by atoms with Gasteiger partial charge in [-0.1, -0.05) is 18.2 Å². The van der Waals surface area contributed by atoms with Crippen LogP contribution in [0, 0.1) is 0 Å². The van der Waals surface area contributed by atoms with Crippen LogP contribution >= 0.6 is 0 Å². The molecule has 5 rings (SSSR count). The zero-order chi connectivity index (χ0) is 22.2. The third-order valence-electron chi connectivity index (χ3n) is 5.41. The monoisotopic (exact) mass is 430 g/mol. The summed E-state index contributed by atoms with van der Waals surface area (Å²) in [7, 11) is 1.51. The summed E-state index contributed by atoms with van der Waals surface area (Å²) in [4.78, 5) is 32.0. The van der Waals surface area contributed by atoms with Gasteiger partial charge < -0.3 is 23.6 Å². The maximum Gasteiger partial charge on any atom is 0.290 e. The van der Waals surface area contributed by atoms with Gasteiger partial charge in [0, 0.05) is 17.8 Å². The number of carbonyl (C=O) groups excluding carboxylic acids is 2. The van der Waals surface area contributed by atoms with Crippen molar-refractivity contribution in [3.63, 3.8) is 0 Å². The van der Waals surface area contributed by atoms with Crippen LogP contribution in [-0.2, 0) is 11.3 Å². The number of aliphatic hydroxyl groups is 1. The van der Waals surface area contributed by atoms with Crippen molar-refractivity contribution in [3.8, 4) is 5.75 Å². The maximum atomic E-state index is 13.5. The first kappa shape index (κ1) is 19.6. The van der Waals surface area contributed by atoms with Crippen LogP contribution in [0.25, 0.3) is 11.0 Å². The van der Waals surface area contributed by atoms with Gasteiger partial charge in [-0.3, -0.25) is 14.6 Å². The van der Waals surface area contributed by atoms with Gasteiger partial charge in [0.15, 0.2) is 22.9 Å². The molecule has 0 saturated heterocycles. The highest BCUT2D eigenvalue weighted by Gasteiger charge is 2.45. The van der Waals surface area contributed by atoms with Crippen molar-refractivity contribution >= 4 is 22.7 Å². The van der Waals surface area contributed by atoms with E-state index in [9.17, 15) is 14.7 Å². The molecule has 1 aliphatic rings. The highest BCUT2D eigenvalue weighted by Crippen LogP contribution is 2.40. The van der Waals surface area contributed by atoms with Crippen LogP contribution in [-0.4, -0.2) is 33.8 Å². The van der Waals surface area contributed by atoms with Crippen molar-refractivity contribution in [1.29, 1.82) is 0 Å². The Morgan fingerprint density at radius 2 is 2.09 bits per heavy atom. The predicted octanol–water partition coefficient (Wildman–Crippen LogP) is 4.21. The lowest BCUT2D eigenvalue weighted by Gasteiger charge is -2.25. The van der Waals surface area contributed by atoms with Crippen molar-refractivity contribution < 1.29 is 28.3 Å². The minimum atomic E-state index is -0.857. The van der Waals surface area contributed by atoms with Crippen LogP contribution in [0.5, 0.6) is 5.75 Å². The molecule has 1 N–H and O–H groups in total. The number of ether oxygens (including phenoxy) is 1. The van der Waals surface area contributed by atoms with Gasteiger partial charge in [-0.15, -0.1) is 0 Å². The van der Waals surface area contributed by atoms with Gasteiger partial charge in [-0.05, 0) is 35.9 Å². The van der Waals surface area contributed by atoms with Crippen LogP contribution in [0.15, 0.2) is 87.4 Å². The number of nitrogens with zero attached hydrogens (tertiary/aromatic N) is 2. The number of aromatic nitrogens is 1. The highest BCUT2D eigenvalue weighted by atomic mass is 16.5. The van der Waals surface area contributed by atoms with E-state index in [0.717, 1.165) is 0 Å². The maximum absolute atomic E-state index is 13.5. The predicted molar refractivity (Wildman–Crippen MR) is 113 cm³/mol. The molecule has 4 heterocycles. The number of hydrogen-bond donors (Lipinski definition) is 1. The van der Waals surface area contributed by atoms with Crippen LogP contribution in [0.4, 0.5) is 0 Å². The molecule has 4 aromatic rings. The molecule has 0 fully saturated rings. The van der Waals surface area contributed by atoms with Gasteiger partial charge in [0.2, 0.25) is 5.78 Å². The molecule has 1 amide bonds. The van der Waals surface area contributed by atoms with E-state index >= 15 is 0 Å². The molecule has 3 aromatic heterocycles. The Morgan fingerprint density at radius 3 is 2.81 bits per heavy atom. The first-order valence-electron chi connectivity index (χ1n) is 9.86. The van der Waals surface area contributed by atoms with Crippen LogP contribution < -0.4 is 4.74 Å². The third kappa shape index (κ3) is 3.13. The lowest BCUT2D eigenvalue weighted by atomic mass is 9.96. The fourth-order valence-corrected chi connectivity index (χ4v) is 3.95. The molecule has 1 atom stereocenters. The Labute approximate surface area is 182 Å². The summed E-state index contributed by atoms with van der Waals surface area (Å²) in [6, 6.07) is 12.9. The van der Waals surface area contributed by atoms with E-state index in [1.807, 2.05) is 0 Å². The van der Waals surface area contributed by atoms with Crippen molar-refractivity contribution in [2.24, 2.45) is 0 Å². The quantitative estimate of drug-likeness (QED) is 0.457. The molecular weight excluding hydrogens is 412 g/mol. The normalized spacial score (nSPS) is 16.2. The number of rotatable bonds is 6. The van der Waals surface area contributed by atoms with E-state index in [1.165, 1.54) is 18.3 Å². The number of carbonyl (C=O) groups is 2. The standard InChI is InChI=1S/C24H18N2O6/c1-30-17-8-2-5-14-11-18(32-23(14)17)21(27)19-20(15-6-3-9-25-12-15)26(24(29)22(19)28)13-16-7-4-10-31-16/h2-12,20,28H,13H2,1H3/t20-/m1/s1. The zero-order valence-corrected chi connectivity index (χ0v) is 17.0. The zero-order valence-electron chi connectivity index (χ0n) is 17.0.